The van der Waals surface area contributed by atoms with Crippen LogP contribution in [0.1, 0.15) is 16.2 Å². The normalized spacial score (nSPS) is 10.9. The molecule has 0 atom stereocenters. The van der Waals surface area contributed by atoms with Crippen molar-refractivity contribution < 1.29 is 4.79 Å². The van der Waals surface area contributed by atoms with Crippen LogP contribution in [0.5, 0.6) is 0 Å². The molecule has 2 aromatic rings. The van der Waals surface area contributed by atoms with E-state index in [1.807, 2.05) is 6.07 Å². The van der Waals surface area contributed by atoms with Gasteiger partial charge in [0.2, 0.25) is 5.82 Å². The minimum atomic E-state index is 0.167. The van der Waals surface area contributed by atoms with Gasteiger partial charge in [-0.05, 0) is 33.3 Å². The van der Waals surface area contributed by atoms with Crippen LogP contribution in [0.2, 0.25) is 0 Å². The number of hydrogen-bond donors (Lipinski definition) is 2. The van der Waals surface area contributed by atoms with E-state index in [4.69, 9.17) is 5.26 Å². The molecule has 0 bridgehead atoms. The van der Waals surface area contributed by atoms with E-state index in [2.05, 4.69) is 57.8 Å². The average molecular weight is 398 g/mol. The first-order chi connectivity index (χ1) is 9.65. The number of hydrogen-bond acceptors (Lipinski definition) is 6. The van der Waals surface area contributed by atoms with Crippen LogP contribution in [0.15, 0.2) is 27.3 Å². The second kappa shape index (κ2) is 6.40. The molecule has 0 aliphatic rings. The number of aromatic amines is 1. The number of H-pyrrole nitrogens is 1. The molecule has 2 rings (SSSR count). The van der Waals surface area contributed by atoms with Gasteiger partial charge in [-0.25, -0.2) is 0 Å². The van der Waals surface area contributed by atoms with E-state index < -0.39 is 0 Å². The monoisotopic (exact) mass is 396 g/mol. The van der Waals surface area contributed by atoms with Gasteiger partial charge in [-0.1, -0.05) is 15.9 Å². The van der Waals surface area contributed by atoms with Gasteiger partial charge >= 0.3 is 0 Å². The van der Waals surface area contributed by atoms with Crippen molar-refractivity contribution in [3.63, 3.8) is 0 Å². The number of aromatic nitrogens is 4. The smallest absolute Gasteiger partial charge is 0.216 e. The zero-order valence-electron chi connectivity index (χ0n) is 9.76. The molecule has 9 heteroatoms. The summed E-state index contributed by atoms with van der Waals surface area (Å²) in [4.78, 5) is 11.1. The van der Waals surface area contributed by atoms with Crippen LogP contribution >= 0.6 is 31.9 Å². The summed E-state index contributed by atoms with van der Waals surface area (Å²) in [6.07, 6.45) is 2.12. The number of nitrogens with one attached hydrogen (secondary N) is 2. The minimum Gasteiger partial charge on any atom is -0.359 e. The fraction of sp³-hybridized carbons (Fsp3) is 0. The van der Waals surface area contributed by atoms with Crippen molar-refractivity contribution in [1.82, 2.24) is 20.6 Å². The van der Waals surface area contributed by atoms with Gasteiger partial charge in [0.1, 0.15) is 11.6 Å². The van der Waals surface area contributed by atoms with E-state index in [-0.39, 0.29) is 11.4 Å². The van der Waals surface area contributed by atoms with Crippen molar-refractivity contribution in [3.05, 3.63) is 38.7 Å². The Morgan fingerprint density at radius 3 is 2.85 bits per heavy atom. The maximum absolute atomic E-state index is 11.1. The van der Waals surface area contributed by atoms with Gasteiger partial charge in [-0.15, -0.1) is 10.2 Å². The summed E-state index contributed by atoms with van der Waals surface area (Å²) in [6, 6.07) is 5.39. The van der Waals surface area contributed by atoms with Crippen molar-refractivity contribution in [2.24, 2.45) is 0 Å². The number of tetrazole rings is 1. The third kappa shape index (κ3) is 3.09. The van der Waals surface area contributed by atoms with E-state index in [1.165, 1.54) is 6.20 Å². The first-order valence-corrected chi connectivity index (χ1v) is 6.79. The molecular formula is C11H6Br2N6O. The summed E-state index contributed by atoms with van der Waals surface area (Å²) in [5.74, 6) is 0.167. The number of halogens is 2. The van der Waals surface area contributed by atoms with Gasteiger partial charge in [0.25, 0.3) is 0 Å². The highest BCUT2D eigenvalue weighted by Crippen LogP contribution is 2.30. The van der Waals surface area contributed by atoms with Gasteiger partial charge in [-0.3, -0.25) is 4.79 Å². The summed E-state index contributed by atoms with van der Waals surface area (Å²) in [5.41, 5.74) is 1.16. The molecule has 0 aliphatic carbocycles. The van der Waals surface area contributed by atoms with E-state index in [0.29, 0.717) is 22.0 Å². The summed E-state index contributed by atoms with van der Waals surface area (Å²) in [5, 5.41) is 25.0. The molecule has 100 valence electrons. The third-order valence-electron chi connectivity index (χ3n) is 2.28. The molecule has 1 aromatic carbocycles. The lowest BCUT2D eigenvalue weighted by molar-refractivity contribution is 0.112. The molecule has 0 aliphatic heterocycles. The zero-order valence-corrected chi connectivity index (χ0v) is 12.9. The molecule has 0 saturated heterocycles. The van der Waals surface area contributed by atoms with Crippen molar-refractivity contribution in [2.75, 3.05) is 5.32 Å². The highest BCUT2D eigenvalue weighted by molar-refractivity contribution is 9.11. The lowest BCUT2D eigenvalue weighted by Crippen LogP contribution is -1.98. The van der Waals surface area contributed by atoms with E-state index in [1.54, 1.807) is 12.1 Å². The Bertz CT molecular complexity index is 704. The first-order valence-electron chi connectivity index (χ1n) is 5.20. The molecule has 2 N–H and O–H groups in total. The van der Waals surface area contributed by atoms with Crippen LogP contribution < -0.4 is 5.32 Å². The summed E-state index contributed by atoms with van der Waals surface area (Å²) in [7, 11) is 0. The van der Waals surface area contributed by atoms with Crippen molar-refractivity contribution >= 4 is 49.4 Å². The van der Waals surface area contributed by atoms with Crippen molar-refractivity contribution in [3.8, 4) is 6.07 Å². The SMILES string of the molecule is N#CC(=CNc1c(Br)cc(Br)cc1C=O)c1nn[nH]n1. The van der Waals surface area contributed by atoms with Gasteiger partial charge in [0.05, 0.1) is 5.69 Å². The number of allylic oxidation sites excluding steroid dienone is 1. The van der Waals surface area contributed by atoms with Gasteiger partial charge in [0, 0.05) is 20.7 Å². The van der Waals surface area contributed by atoms with Gasteiger partial charge in [-0.2, -0.15) is 10.5 Å². The molecule has 0 radical (unpaired) electrons. The number of anilines is 1. The lowest BCUT2D eigenvalue weighted by atomic mass is 10.2. The number of aldehydes is 1. The number of nitrogens with zero attached hydrogens (tertiary/aromatic N) is 4. The van der Waals surface area contributed by atoms with Gasteiger partial charge < -0.3 is 5.32 Å². The molecule has 0 saturated carbocycles. The molecule has 0 spiro atoms. The number of nitriles is 1. The predicted octanol–water partition coefficient (Wildman–Crippen LogP) is 2.51. The summed E-state index contributed by atoms with van der Waals surface area (Å²) in [6.45, 7) is 0. The quantitative estimate of drug-likeness (QED) is 0.606. The first kappa shape index (κ1) is 14.4. The third-order valence-corrected chi connectivity index (χ3v) is 3.36. The van der Waals surface area contributed by atoms with Crippen LogP contribution in [0.3, 0.4) is 0 Å². The Labute approximate surface area is 130 Å². The molecule has 0 fully saturated rings. The van der Waals surface area contributed by atoms with Gasteiger partial charge in [0.15, 0.2) is 6.29 Å². The van der Waals surface area contributed by atoms with Crippen LogP contribution in [0.25, 0.3) is 5.57 Å². The molecule has 1 heterocycles. The largest absolute Gasteiger partial charge is 0.359 e. The Morgan fingerprint density at radius 1 is 1.45 bits per heavy atom. The molecular weight excluding hydrogens is 392 g/mol. The second-order valence-corrected chi connectivity index (χ2v) is 5.29. The Hall–Kier alpha value is -2.05. The fourth-order valence-electron chi connectivity index (χ4n) is 1.41. The second-order valence-electron chi connectivity index (χ2n) is 3.52. The highest BCUT2D eigenvalue weighted by Gasteiger charge is 2.09. The van der Waals surface area contributed by atoms with Crippen LogP contribution in [0, 0.1) is 11.3 Å². The maximum atomic E-state index is 11.1. The van der Waals surface area contributed by atoms with E-state index in [0.717, 1.165) is 4.47 Å². The number of benzene rings is 1. The van der Waals surface area contributed by atoms with Crippen LogP contribution in [-0.4, -0.2) is 26.9 Å². The Kier molecular flexibility index (Phi) is 4.60. The van der Waals surface area contributed by atoms with Crippen LogP contribution in [0.4, 0.5) is 5.69 Å². The standard InChI is InChI=1S/C11H6Br2N6O/c12-8-1-6(5-20)10(9(13)2-8)15-4-7(3-14)11-16-18-19-17-11/h1-2,4-5,15H,(H,16,17,18,19). The molecule has 20 heavy (non-hydrogen) atoms. The topological polar surface area (TPSA) is 107 Å². The maximum Gasteiger partial charge on any atom is 0.216 e. The van der Waals surface area contributed by atoms with E-state index >= 15 is 0 Å². The number of carbonyl (C=O) groups excluding carboxylic acids is 1. The molecule has 0 unspecified atom stereocenters. The predicted molar refractivity (Wildman–Crippen MR) is 78.6 cm³/mol. The average Bonchev–Trinajstić information content (AvgIpc) is 2.94. The molecule has 1 aromatic heterocycles. The van der Waals surface area contributed by atoms with E-state index in [9.17, 15) is 4.79 Å². The number of rotatable bonds is 4. The summed E-state index contributed by atoms with van der Waals surface area (Å²) < 4.78 is 1.44. The lowest BCUT2D eigenvalue weighted by Gasteiger charge is -2.08. The van der Waals surface area contributed by atoms with Crippen molar-refractivity contribution in [1.29, 1.82) is 5.26 Å². The Morgan fingerprint density at radius 2 is 2.25 bits per heavy atom. The summed E-state index contributed by atoms with van der Waals surface area (Å²) >= 11 is 6.64. The minimum absolute atomic E-state index is 0.167. The molecule has 7 nitrogen and oxygen atoms in total. The van der Waals surface area contributed by atoms with Crippen LogP contribution in [-0.2, 0) is 0 Å². The highest BCUT2D eigenvalue weighted by atomic mass is 79.9. The number of carbonyl (C=O) groups is 1. The molecule has 0 amide bonds. The fourth-order valence-corrected chi connectivity index (χ4v) is 2.78. The Balaban J connectivity index is 2.36. The zero-order chi connectivity index (χ0) is 14.5. The van der Waals surface area contributed by atoms with Crippen molar-refractivity contribution in [2.45, 2.75) is 0 Å².